The third-order valence-electron chi connectivity index (χ3n) is 3.59. The SMILES string of the molecule is C=CCNC(=O)c1ccc2oc(=O)n(Cc3ccc(F)cc3)c2c1. The minimum Gasteiger partial charge on any atom is -0.408 e. The number of benzene rings is 2. The number of fused-ring (bicyclic) bond motifs is 1. The van der Waals surface area contributed by atoms with Gasteiger partial charge in [-0.2, -0.15) is 0 Å². The average Bonchev–Trinajstić information content (AvgIpc) is 2.89. The van der Waals surface area contributed by atoms with Crippen molar-refractivity contribution < 1.29 is 13.6 Å². The predicted molar refractivity (Wildman–Crippen MR) is 88.5 cm³/mol. The van der Waals surface area contributed by atoms with Crippen LogP contribution in [0.4, 0.5) is 4.39 Å². The molecule has 6 heteroatoms. The van der Waals surface area contributed by atoms with E-state index in [1.807, 2.05) is 0 Å². The monoisotopic (exact) mass is 326 g/mol. The van der Waals surface area contributed by atoms with Crippen LogP contribution >= 0.6 is 0 Å². The quantitative estimate of drug-likeness (QED) is 0.733. The maximum absolute atomic E-state index is 13.0. The largest absolute Gasteiger partial charge is 0.420 e. The Morgan fingerprint density at radius 2 is 2.00 bits per heavy atom. The van der Waals surface area contributed by atoms with E-state index in [0.29, 0.717) is 23.2 Å². The molecule has 3 aromatic rings. The van der Waals surface area contributed by atoms with Crippen molar-refractivity contribution in [2.75, 3.05) is 6.54 Å². The highest BCUT2D eigenvalue weighted by atomic mass is 19.1. The van der Waals surface area contributed by atoms with Gasteiger partial charge < -0.3 is 9.73 Å². The maximum atomic E-state index is 13.0. The van der Waals surface area contributed by atoms with Gasteiger partial charge in [-0.3, -0.25) is 9.36 Å². The topological polar surface area (TPSA) is 64.2 Å². The Morgan fingerprint density at radius 3 is 2.71 bits per heavy atom. The van der Waals surface area contributed by atoms with Crippen LogP contribution < -0.4 is 11.1 Å². The summed E-state index contributed by atoms with van der Waals surface area (Å²) in [5.74, 6) is -1.14. The Hall–Kier alpha value is -3.15. The van der Waals surface area contributed by atoms with E-state index in [-0.39, 0.29) is 18.3 Å². The van der Waals surface area contributed by atoms with Crippen LogP contribution in [0, 0.1) is 5.82 Å². The van der Waals surface area contributed by atoms with Crippen LogP contribution in [0.2, 0.25) is 0 Å². The number of halogens is 1. The molecule has 0 unspecified atom stereocenters. The predicted octanol–water partition coefficient (Wildman–Crippen LogP) is 2.70. The molecule has 122 valence electrons. The van der Waals surface area contributed by atoms with E-state index in [1.54, 1.807) is 36.4 Å². The number of amides is 1. The summed E-state index contributed by atoms with van der Waals surface area (Å²) < 4.78 is 19.6. The fourth-order valence-corrected chi connectivity index (χ4v) is 2.39. The van der Waals surface area contributed by atoms with Crippen molar-refractivity contribution in [2.45, 2.75) is 6.54 Å². The lowest BCUT2D eigenvalue weighted by Crippen LogP contribution is -2.23. The first kappa shape index (κ1) is 15.7. The van der Waals surface area contributed by atoms with Crippen LogP contribution in [-0.2, 0) is 6.54 Å². The van der Waals surface area contributed by atoms with Crippen molar-refractivity contribution in [3.8, 4) is 0 Å². The second kappa shape index (κ2) is 6.54. The Labute approximate surface area is 137 Å². The van der Waals surface area contributed by atoms with Gasteiger partial charge in [0.05, 0.1) is 12.1 Å². The number of aromatic nitrogens is 1. The highest BCUT2D eigenvalue weighted by Gasteiger charge is 2.13. The highest BCUT2D eigenvalue weighted by molar-refractivity contribution is 5.97. The summed E-state index contributed by atoms with van der Waals surface area (Å²) in [5, 5.41) is 2.68. The van der Waals surface area contributed by atoms with Crippen molar-refractivity contribution in [1.82, 2.24) is 9.88 Å². The summed E-state index contributed by atoms with van der Waals surface area (Å²) in [6.45, 7) is 4.12. The molecule has 0 spiro atoms. The summed E-state index contributed by atoms with van der Waals surface area (Å²) in [4.78, 5) is 24.1. The molecule has 5 nitrogen and oxygen atoms in total. The number of oxazole rings is 1. The van der Waals surface area contributed by atoms with Gasteiger partial charge in [-0.05, 0) is 35.9 Å². The summed E-state index contributed by atoms with van der Waals surface area (Å²) in [5.41, 5.74) is 2.07. The van der Waals surface area contributed by atoms with Crippen LogP contribution in [0.3, 0.4) is 0 Å². The number of nitrogens with zero attached hydrogens (tertiary/aromatic N) is 1. The molecule has 3 rings (SSSR count). The lowest BCUT2D eigenvalue weighted by Gasteiger charge is -2.05. The van der Waals surface area contributed by atoms with Gasteiger partial charge in [0.1, 0.15) is 5.82 Å². The van der Waals surface area contributed by atoms with Gasteiger partial charge in [0.2, 0.25) is 0 Å². The van der Waals surface area contributed by atoms with Crippen LogP contribution in [0.15, 0.2) is 64.3 Å². The fraction of sp³-hybridized carbons (Fsp3) is 0.111. The summed E-state index contributed by atoms with van der Waals surface area (Å²) >= 11 is 0. The maximum Gasteiger partial charge on any atom is 0.420 e. The number of rotatable bonds is 5. The van der Waals surface area contributed by atoms with Gasteiger partial charge in [0.15, 0.2) is 5.58 Å². The van der Waals surface area contributed by atoms with Crippen LogP contribution in [0.1, 0.15) is 15.9 Å². The zero-order chi connectivity index (χ0) is 17.1. The van der Waals surface area contributed by atoms with E-state index >= 15 is 0 Å². The number of nitrogens with one attached hydrogen (secondary N) is 1. The first-order valence-electron chi connectivity index (χ1n) is 7.35. The molecule has 0 saturated carbocycles. The fourth-order valence-electron chi connectivity index (χ4n) is 2.39. The zero-order valence-electron chi connectivity index (χ0n) is 12.8. The Balaban J connectivity index is 1.99. The van der Waals surface area contributed by atoms with Crippen LogP contribution in [-0.4, -0.2) is 17.0 Å². The van der Waals surface area contributed by atoms with Crippen molar-refractivity contribution in [3.05, 3.63) is 82.6 Å². The lowest BCUT2D eigenvalue weighted by atomic mass is 10.1. The second-order valence-electron chi connectivity index (χ2n) is 5.26. The van der Waals surface area contributed by atoms with Gasteiger partial charge in [0.25, 0.3) is 5.91 Å². The van der Waals surface area contributed by atoms with Gasteiger partial charge >= 0.3 is 5.76 Å². The molecular weight excluding hydrogens is 311 g/mol. The summed E-state index contributed by atoms with van der Waals surface area (Å²) in [7, 11) is 0. The number of hydrogen-bond donors (Lipinski definition) is 1. The van der Waals surface area contributed by atoms with E-state index in [0.717, 1.165) is 5.56 Å². The third kappa shape index (κ3) is 3.12. The van der Waals surface area contributed by atoms with Crippen molar-refractivity contribution in [2.24, 2.45) is 0 Å². The molecule has 1 aromatic heterocycles. The van der Waals surface area contributed by atoms with E-state index in [9.17, 15) is 14.0 Å². The normalized spacial score (nSPS) is 10.7. The van der Waals surface area contributed by atoms with Crippen LogP contribution in [0.25, 0.3) is 11.1 Å². The van der Waals surface area contributed by atoms with E-state index in [1.165, 1.54) is 16.7 Å². The molecule has 0 fully saturated rings. The molecule has 24 heavy (non-hydrogen) atoms. The molecular formula is C18H15FN2O3. The average molecular weight is 326 g/mol. The number of hydrogen-bond acceptors (Lipinski definition) is 3. The van der Waals surface area contributed by atoms with Gasteiger partial charge in [0, 0.05) is 12.1 Å². The zero-order valence-corrected chi connectivity index (χ0v) is 12.8. The molecule has 0 aliphatic carbocycles. The molecule has 1 N–H and O–H groups in total. The number of carbonyl (C=O) groups is 1. The summed E-state index contributed by atoms with van der Waals surface area (Å²) in [6.07, 6.45) is 1.58. The Kier molecular flexibility index (Phi) is 4.29. The van der Waals surface area contributed by atoms with Gasteiger partial charge in [-0.25, -0.2) is 9.18 Å². The Bertz CT molecular complexity index is 955. The second-order valence-corrected chi connectivity index (χ2v) is 5.26. The van der Waals surface area contributed by atoms with Gasteiger partial charge in [-0.15, -0.1) is 6.58 Å². The number of carbonyl (C=O) groups excluding carboxylic acids is 1. The first-order chi connectivity index (χ1) is 11.6. The van der Waals surface area contributed by atoms with Crippen LogP contribution in [0.5, 0.6) is 0 Å². The third-order valence-corrected chi connectivity index (χ3v) is 3.59. The van der Waals surface area contributed by atoms with Crippen molar-refractivity contribution in [1.29, 1.82) is 0 Å². The first-order valence-corrected chi connectivity index (χ1v) is 7.35. The molecule has 0 bridgehead atoms. The molecule has 2 aromatic carbocycles. The molecule has 0 atom stereocenters. The molecule has 0 saturated heterocycles. The minimum atomic E-state index is -0.530. The van der Waals surface area contributed by atoms with E-state index < -0.39 is 5.76 Å². The molecule has 0 radical (unpaired) electrons. The molecule has 0 aliphatic heterocycles. The Morgan fingerprint density at radius 1 is 1.25 bits per heavy atom. The van der Waals surface area contributed by atoms with Crippen molar-refractivity contribution in [3.63, 3.8) is 0 Å². The molecule has 1 heterocycles. The highest BCUT2D eigenvalue weighted by Crippen LogP contribution is 2.17. The standard InChI is InChI=1S/C18H15FN2O3/c1-2-9-20-17(22)13-5-8-16-15(10-13)21(18(23)24-16)11-12-3-6-14(19)7-4-12/h2-8,10H,1,9,11H2,(H,20,22). The summed E-state index contributed by atoms with van der Waals surface area (Å²) in [6, 6.07) is 10.6. The van der Waals surface area contributed by atoms with E-state index in [4.69, 9.17) is 4.42 Å². The smallest absolute Gasteiger partial charge is 0.408 e. The molecule has 0 aliphatic rings. The van der Waals surface area contributed by atoms with E-state index in [2.05, 4.69) is 11.9 Å². The lowest BCUT2D eigenvalue weighted by molar-refractivity contribution is 0.0958. The molecule has 1 amide bonds. The van der Waals surface area contributed by atoms with Gasteiger partial charge in [-0.1, -0.05) is 18.2 Å². The minimum absolute atomic E-state index is 0.226. The van der Waals surface area contributed by atoms with Crippen molar-refractivity contribution >= 4 is 17.0 Å².